The molecule has 120 valence electrons. The van der Waals surface area contributed by atoms with Gasteiger partial charge in [0.15, 0.2) is 0 Å². The van der Waals surface area contributed by atoms with Crippen molar-refractivity contribution in [3.8, 4) is 12.1 Å². The normalized spacial score (nSPS) is 15.8. The van der Waals surface area contributed by atoms with Gasteiger partial charge in [-0.3, -0.25) is 4.90 Å². The van der Waals surface area contributed by atoms with Gasteiger partial charge in [0.05, 0.1) is 29.3 Å². The molecule has 0 bridgehead atoms. The minimum absolute atomic E-state index is 0.152. The van der Waals surface area contributed by atoms with E-state index in [1.165, 1.54) is 11.1 Å². The van der Waals surface area contributed by atoms with Crippen molar-refractivity contribution in [3.63, 3.8) is 0 Å². The minimum Gasteiger partial charge on any atom is -0.304 e. The first-order valence-corrected chi connectivity index (χ1v) is 8.14. The molecule has 0 atom stereocenters. The summed E-state index contributed by atoms with van der Waals surface area (Å²) in [4.78, 5) is 4.81. The Morgan fingerprint density at radius 3 is 1.54 bits per heavy atom. The zero-order valence-electron chi connectivity index (χ0n) is 13.8. The Labute approximate surface area is 143 Å². The summed E-state index contributed by atoms with van der Waals surface area (Å²) in [6.45, 7) is 4.09. The lowest BCUT2D eigenvalue weighted by Crippen LogP contribution is -2.46. The molecule has 1 aliphatic heterocycles. The van der Waals surface area contributed by atoms with Gasteiger partial charge in [0.1, 0.15) is 0 Å². The summed E-state index contributed by atoms with van der Waals surface area (Å²) in [6, 6.07) is 20.2. The van der Waals surface area contributed by atoms with E-state index in [-0.39, 0.29) is 6.04 Å². The maximum atomic E-state index is 9.02. The van der Waals surface area contributed by atoms with Crippen LogP contribution in [0.4, 0.5) is 0 Å². The van der Waals surface area contributed by atoms with Gasteiger partial charge in [-0.15, -0.1) is 0 Å². The molecule has 4 heteroatoms. The summed E-state index contributed by atoms with van der Waals surface area (Å²) in [5.74, 6) is 0. The Bertz CT molecular complexity index is 700. The molecular formula is C20H20N4. The molecule has 0 amide bonds. The van der Waals surface area contributed by atoms with Gasteiger partial charge in [-0.05, 0) is 42.4 Å². The Balaban J connectivity index is 1.96. The molecule has 3 rings (SSSR count). The quantitative estimate of drug-likeness (QED) is 0.874. The molecule has 0 radical (unpaired) electrons. The lowest BCUT2D eigenvalue weighted by atomic mass is 9.95. The number of hydrogen-bond acceptors (Lipinski definition) is 4. The minimum atomic E-state index is 0.152. The topological polar surface area (TPSA) is 54.1 Å². The second-order valence-corrected chi connectivity index (χ2v) is 6.21. The molecule has 2 aromatic carbocycles. The van der Waals surface area contributed by atoms with Gasteiger partial charge < -0.3 is 4.90 Å². The van der Waals surface area contributed by atoms with Crippen LogP contribution in [-0.4, -0.2) is 43.0 Å². The van der Waals surface area contributed by atoms with Crippen molar-refractivity contribution in [2.75, 3.05) is 33.2 Å². The SMILES string of the molecule is CN1CCN(C(c2ccc(C#N)cc2)c2ccc(C#N)cc2)CC1. The molecule has 1 saturated heterocycles. The molecule has 1 aliphatic rings. The van der Waals surface area contributed by atoms with Crippen molar-refractivity contribution in [2.24, 2.45) is 0 Å². The molecule has 0 aliphatic carbocycles. The fourth-order valence-electron chi connectivity index (χ4n) is 3.17. The van der Waals surface area contributed by atoms with Crippen LogP contribution in [0.3, 0.4) is 0 Å². The van der Waals surface area contributed by atoms with Crippen molar-refractivity contribution in [3.05, 3.63) is 70.8 Å². The molecule has 0 unspecified atom stereocenters. The van der Waals surface area contributed by atoms with Gasteiger partial charge >= 0.3 is 0 Å². The summed E-state index contributed by atoms with van der Waals surface area (Å²) < 4.78 is 0. The average molecular weight is 316 g/mol. The molecule has 1 heterocycles. The number of rotatable bonds is 3. The van der Waals surface area contributed by atoms with Gasteiger partial charge in [0.2, 0.25) is 0 Å². The number of likely N-dealkylation sites (N-methyl/N-ethyl adjacent to an activating group) is 1. The van der Waals surface area contributed by atoms with Crippen molar-refractivity contribution in [1.29, 1.82) is 10.5 Å². The second-order valence-electron chi connectivity index (χ2n) is 6.21. The van der Waals surface area contributed by atoms with Crippen LogP contribution in [0, 0.1) is 22.7 Å². The van der Waals surface area contributed by atoms with Crippen molar-refractivity contribution < 1.29 is 0 Å². The summed E-state index contributed by atoms with van der Waals surface area (Å²) in [6.07, 6.45) is 0. The fourth-order valence-corrected chi connectivity index (χ4v) is 3.17. The average Bonchev–Trinajstić information content (AvgIpc) is 2.64. The number of hydrogen-bond donors (Lipinski definition) is 0. The van der Waals surface area contributed by atoms with Gasteiger partial charge in [0.25, 0.3) is 0 Å². The highest BCUT2D eigenvalue weighted by atomic mass is 15.3. The first-order valence-electron chi connectivity index (χ1n) is 8.14. The van der Waals surface area contributed by atoms with Crippen LogP contribution in [0.5, 0.6) is 0 Å². The van der Waals surface area contributed by atoms with Crippen LogP contribution in [0.15, 0.2) is 48.5 Å². The van der Waals surface area contributed by atoms with Crippen molar-refractivity contribution in [1.82, 2.24) is 9.80 Å². The highest BCUT2D eigenvalue weighted by molar-refractivity contribution is 5.40. The predicted octanol–water partition coefficient (Wildman–Crippen LogP) is 2.77. The van der Waals surface area contributed by atoms with Gasteiger partial charge in [-0.25, -0.2) is 0 Å². The van der Waals surface area contributed by atoms with E-state index in [4.69, 9.17) is 10.5 Å². The maximum absolute atomic E-state index is 9.02. The van der Waals surface area contributed by atoms with Crippen LogP contribution in [0.1, 0.15) is 28.3 Å². The van der Waals surface area contributed by atoms with E-state index in [0.717, 1.165) is 26.2 Å². The monoisotopic (exact) mass is 316 g/mol. The summed E-state index contributed by atoms with van der Waals surface area (Å²) in [5, 5.41) is 18.0. The predicted molar refractivity (Wildman–Crippen MR) is 93.2 cm³/mol. The molecule has 24 heavy (non-hydrogen) atoms. The van der Waals surface area contributed by atoms with Crippen LogP contribution in [-0.2, 0) is 0 Å². The highest BCUT2D eigenvalue weighted by Gasteiger charge is 2.25. The Morgan fingerprint density at radius 2 is 1.17 bits per heavy atom. The molecule has 0 saturated carbocycles. The van der Waals surface area contributed by atoms with Gasteiger partial charge in [-0.2, -0.15) is 10.5 Å². The molecule has 2 aromatic rings. The first kappa shape index (κ1) is 16.2. The van der Waals surface area contributed by atoms with E-state index in [2.05, 4.69) is 29.0 Å². The molecule has 4 nitrogen and oxygen atoms in total. The van der Waals surface area contributed by atoms with Crippen LogP contribution in [0.2, 0.25) is 0 Å². The maximum Gasteiger partial charge on any atom is 0.0991 e. The second kappa shape index (κ2) is 7.27. The smallest absolute Gasteiger partial charge is 0.0991 e. The standard InChI is InChI=1S/C20H20N4/c1-23-10-12-24(13-11-23)20(18-6-2-16(14-21)3-7-18)19-8-4-17(15-22)5-9-19/h2-9,20H,10-13H2,1H3. The third kappa shape index (κ3) is 3.46. The van der Waals surface area contributed by atoms with E-state index in [1.54, 1.807) is 0 Å². The van der Waals surface area contributed by atoms with Crippen LogP contribution < -0.4 is 0 Å². The number of piperazine rings is 1. The van der Waals surface area contributed by atoms with E-state index >= 15 is 0 Å². The van der Waals surface area contributed by atoms with Crippen LogP contribution >= 0.6 is 0 Å². The fraction of sp³-hybridized carbons (Fsp3) is 0.300. The molecule has 0 aromatic heterocycles. The van der Waals surface area contributed by atoms with E-state index in [0.29, 0.717) is 11.1 Å². The van der Waals surface area contributed by atoms with Crippen LogP contribution in [0.25, 0.3) is 0 Å². The number of nitrogens with zero attached hydrogens (tertiary/aromatic N) is 4. The van der Waals surface area contributed by atoms with E-state index in [1.807, 2.05) is 48.5 Å². The third-order valence-corrected chi connectivity index (χ3v) is 4.61. The summed E-state index contributed by atoms with van der Waals surface area (Å²) in [7, 11) is 2.15. The Kier molecular flexibility index (Phi) is 4.91. The highest BCUT2D eigenvalue weighted by Crippen LogP contribution is 2.30. The Hall–Kier alpha value is -2.66. The molecule has 0 N–H and O–H groups in total. The number of benzene rings is 2. The van der Waals surface area contributed by atoms with Crippen molar-refractivity contribution >= 4 is 0 Å². The van der Waals surface area contributed by atoms with Gasteiger partial charge in [-0.1, -0.05) is 24.3 Å². The Morgan fingerprint density at radius 1 is 0.750 bits per heavy atom. The van der Waals surface area contributed by atoms with E-state index in [9.17, 15) is 0 Å². The van der Waals surface area contributed by atoms with Gasteiger partial charge in [0, 0.05) is 26.2 Å². The molecule has 0 spiro atoms. The first-order chi connectivity index (χ1) is 11.7. The summed E-state index contributed by atoms with van der Waals surface area (Å²) >= 11 is 0. The summed E-state index contributed by atoms with van der Waals surface area (Å²) in [5.41, 5.74) is 3.72. The third-order valence-electron chi connectivity index (χ3n) is 4.61. The zero-order chi connectivity index (χ0) is 16.9. The molecule has 1 fully saturated rings. The van der Waals surface area contributed by atoms with E-state index < -0.39 is 0 Å². The largest absolute Gasteiger partial charge is 0.304 e. The lowest BCUT2D eigenvalue weighted by Gasteiger charge is -2.38. The number of nitriles is 2. The zero-order valence-corrected chi connectivity index (χ0v) is 13.8. The lowest BCUT2D eigenvalue weighted by molar-refractivity contribution is 0.127. The van der Waals surface area contributed by atoms with Crippen molar-refractivity contribution in [2.45, 2.75) is 6.04 Å². The molecular weight excluding hydrogens is 296 g/mol.